The number of hydrogen-bond acceptors (Lipinski definition) is 2. The summed E-state index contributed by atoms with van der Waals surface area (Å²) < 4.78 is 0. The molecule has 0 atom stereocenters. The van der Waals surface area contributed by atoms with Crippen molar-refractivity contribution in [2.75, 3.05) is 11.9 Å². The fourth-order valence-corrected chi connectivity index (χ4v) is 1.14. The molecule has 2 rings (SSSR count). The maximum atomic E-state index is 3.15. The molecule has 0 aliphatic carbocycles. The molecule has 0 fully saturated rings. The molecule has 0 saturated carbocycles. The van der Waals surface area contributed by atoms with E-state index in [1.807, 2.05) is 60.2 Å². The number of nitrogens with zero attached hydrogens (tertiary/aromatic N) is 2. The molecule has 0 N–H and O–H groups in total. The van der Waals surface area contributed by atoms with Crippen LogP contribution in [0.1, 0.15) is 0 Å². The summed E-state index contributed by atoms with van der Waals surface area (Å²) in [7, 11) is 2.00. The van der Waals surface area contributed by atoms with Crippen molar-refractivity contribution in [2.45, 2.75) is 0 Å². The van der Waals surface area contributed by atoms with Gasteiger partial charge in [0, 0.05) is 0 Å². The van der Waals surface area contributed by atoms with Gasteiger partial charge in [0.2, 0.25) is 0 Å². The molecule has 15 heavy (non-hydrogen) atoms. The Hall–Kier alpha value is -2.44. The maximum Gasteiger partial charge on any atom is 0 e. The fourth-order valence-electron chi connectivity index (χ4n) is 1.14. The zero-order valence-electron chi connectivity index (χ0n) is 9.19. The van der Waals surface area contributed by atoms with Crippen molar-refractivity contribution in [2.24, 2.45) is 0 Å². The summed E-state index contributed by atoms with van der Waals surface area (Å²) in [5.41, 5.74) is 1.07. The van der Waals surface area contributed by atoms with Crippen LogP contribution in [-0.2, 0) is 0 Å². The van der Waals surface area contributed by atoms with Crippen molar-refractivity contribution in [1.29, 1.82) is 0 Å². The van der Waals surface area contributed by atoms with Gasteiger partial charge < -0.3 is 24.7 Å². The van der Waals surface area contributed by atoms with Crippen molar-refractivity contribution in [3.8, 4) is 0 Å². The first-order chi connectivity index (χ1) is 5.86. The minimum absolute atomic E-state index is 0. The van der Waals surface area contributed by atoms with Crippen molar-refractivity contribution in [3.05, 3.63) is 64.3 Å². The second-order valence-electron chi connectivity index (χ2n) is 2.73. The second kappa shape index (κ2) is 6.08. The number of rotatable bonds is 1. The molecule has 1 radical (unpaired) electrons. The molecule has 0 spiro atoms. The predicted molar refractivity (Wildman–Crippen MR) is 61.8 cm³/mol. The third-order valence-electron chi connectivity index (χ3n) is 1.74. The van der Waals surface area contributed by atoms with Crippen LogP contribution >= 0.6 is 0 Å². The van der Waals surface area contributed by atoms with Gasteiger partial charge in [-0.15, -0.1) is 5.69 Å². The molecule has 1 aliphatic heterocycles. The van der Waals surface area contributed by atoms with Crippen LogP contribution in [0.5, 0.6) is 0 Å². The van der Waals surface area contributed by atoms with Gasteiger partial charge in [-0.05, 0) is 19.4 Å². The van der Waals surface area contributed by atoms with Crippen molar-refractivity contribution in [3.63, 3.8) is 0 Å². The minimum atomic E-state index is 0. The summed E-state index contributed by atoms with van der Waals surface area (Å²) in [6, 6.07) is 11.1. The number of para-hydroxylation sites is 1. The first-order valence-electron chi connectivity index (χ1n) is 3.86. The molecular weight excluding hydrogens is 434 g/mol. The van der Waals surface area contributed by atoms with Crippen LogP contribution in [0.2, 0.25) is 0 Å². The Balaban J connectivity index is 0. The summed E-state index contributed by atoms with van der Waals surface area (Å²) in [4.78, 5) is 4.03. The molecule has 1 aromatic carbocycles. The summed E-state index contributed by atoms with van der Waals surface area (Å²) in [5, 5.41) is 0. The molecule has 2 nitrogen and oxygen atoms in total. The molecule has 0 aromatic heterocycles. The number of anilines is 1. The predicted octanol–water partition coefficient (Wildman–Crippen LogP) is 2.73. The van der Waals surface area contributed by atoms with Crippen molar-refractivity contribution < 1.29 is 0 Å². The normalized spacial score (nSPS) is 12.6. The number of benzene rings is 1. The van der Waals surface area contributed by atoms with E-state index in [-0.39, 0.29) is 14.9 Å². The van der Waals surface area contributed by atoms with Crippen LogP contribution in [0.4, 0.5) is 5.69 Å². The van der Waals surface area contributed by atoms with Gasteiger partial charge in [-0.2, -0.15) is 37.0 Å². The Morgan fingerprint density at radius 2 is 1.93 bits per heavy atom. The van der Waals surface area contributed by atoms with Crippen LogP contribution in [0.3, 0.4) is 0 Å². The molecule has 93 valence electrons. The Labute approximate surface area is 87.5 Å². The second-order valence-corrected chi connectivity index (χ2v) is 2.73. The van der Waals surface area contributed by atoms with Crippen molar-refractivity contribution >= 4 is 5.69 Å². The molecule has 1 aromatic rings. The van der Waals surface area contributed by atoms with E-state index in [9.17, 15) is 0 Å². The van der Waals surface area contributed by atoms with Crippen LogP contribution in [0.25, 0.3) is 0 Å². The average molecular weight is 450 g/mol. The monoisotopic (exact) mass is 450 g/mol. The van der Waals surface area contributed by atoms with E-state index in [2.05, 4.69) is 6.07 Å². The third-order valence-corrected chi connectivity index (χ3v) is 1.74. The largest absolute Gasteiger partial charge is 0.510 e. The molecule has 0 amide bonds. The van der Waals surface area contributed by atoms with Crippen LogP contribution in [0, 0.1) is 27.6 Å². The standard InChI is InChI=1S/C10H10N2.2CH3.Lr/c1-11-7-8-12(9-11)10-5-3-2-4-6-10;;;/h2-5,7-9H,1H3;2*1H3;/q-2;2*-1;. The quantitative estimate of drug-likeness (QED) is 0.608. The van der Waals surface area contributed by atoms with E-state index in [4.69, 9.17) is 0 Å². The summed E-state index contributed by atoms with van der Waals surface area (Å²) in [6.45, 7) is 2.01. The van der Waals surface area contributed by atoms with Gasteiger partial charge in [-0.3, -0.25) is 0 Å². The van der Waals surface area contributed by atoms with E-state index in [1.54, 1.807) is 0 Å². The van der Waals surface area contributed by atoms with E-state index in [1.165, 1.54) is 0 Å². The molecule has 0 unspecified atom stereocenters. The maximum absolute atomic E-state index is 3.15. The van der Waals surface area contributed by atoms with Gasteiger partial charge in [0.15, 0.2) is 0 Å². The van der Waals surface area contributed by atoms with Crippen molar-refractivity contribution in [1.82, 2.24) is 4.90 Å². The Kier molecular flexibility index (Phi) is 6.10. The Morgan fingerprint density at radius 3 is 2.40 bits per heavy atom. The Bertz CT molecular complexity index is 285. The van der Waals surface area contributed by atoms with Gasteiger partial charge in [-0.1, -0.05) is 0 Å². The Morgan fingerprint density at radius 1 is 1.20 bits per heavy atom. The zero-order chi connectivity index (χ0) is 8.39. The molecule has 1 aliphatic rings. The molecular formula is C12H16LrN2-4. The van der Waals surface area contributed by atoms with Gasteiger partial charge >= 0.3 is 0 Å². The van der Waals surface area contributed by atoms with Crippen LogP contribution in [0.15, 0.2) is 36.7 Å². The SMILES string of the molecule is CN1C=CN(c2[c-]cccc2)[CH-]1.[CH3-].[CH3-].[Lr]. The van der Waals surface area contributed by atoms with Gasteiger partial charge in [0.1, 0.15) is 0 Å². The third kappa shape index (κ3) is 3.07. The minimum Gasteiger partial charge on any atom is -0.510 e. The average Bonchev–Trinajstić information content (AvgIpc) is 2.54. The fraction of sp³-hybridized carbons (Fsp3) is 0.0833. The molecule has 1 heterocycles. The van der Waals surface area contributed by atoms with Crippen LogP contribution in [-0.4, -0.2) is 11.9 Å². The number of hydrogen-bond donors (Lipinski definition) is 0. The summed E-state index contributed by atoms with van der Waals surface area (Å²) >= 11 is 0. The van der Waals surface area contributed by atoms with E-state index >= 15 is 0 Å². The van der Waals surface area contributed by atoms with Gasteiger partial charge in [-0.25, -0.2) is 0 Å². The topological polar surface area (TPSA) is 6.48 Å². The van der Waals surface area contributed by atoms with E-state index in [0.29, 0.717) is 0 Å². The van der Waals surface area contributed by atoms with E-state index in [0.717, 1.165) is 5.69 Å². The van der Waals surface area contributed by atoms with E-state index < -0.39 is 0 Å². The van der Waals surface area contributed by atoms with Gasteiger partial charge in [0.05, 0.1) is 0 Å². The smallest absolute Gasteiger partial charge is 0 e. The summed E-state index contributed by atoms with van der Waals surface area (Å²) in [5.74, 6) is 0. The molecule has 3 heteroatoms. The zero-order valence-corrected chi connectivity index (χ0v) is 11.3. The summed E-state index contributed by atoms with van der Waals surface area (Å²) in [6.07, 6.45) is 4.01. The molecule has 0 saturated heterocycles. The van der Waals surface area contributed by atoms with Crippen LogP contribution < -0.4 is 4.90 Å². The molecule has 0 bridgehead atoms. The van der Waals surface area contributed by atoms with Gasteiger partial charge in [0.25, 0.3) is 0 Å². The first kappa shape index (κ1) is 15.1. The first-order valence-corrected chi connectivity index (χ1v) is 3.86.